The Labute approximate surface area is 214 Å². The molecule has 5 aromatic carbocycles. The molecule has 3 heterocycles. The van der Waals surface area contributed by atoms with Crippen LogP contribution in [-0.2, 0) is 6.54 Å². The topological polar surface area (TPSA) is 31.8 Å². The lowest BCUT2D eigenvalue weighted by Crippen LogP contribution is -2.16. The average Bonchev–Trinajstić information content (AvgIpc) is 3.84. The molecule has 1 aliphatic heterocycles. The van der Waals surface area contributed by atoms with Gasteiger partial charge in [-0.15, -0.1) is 9.59 Å². The largest absolute Gasteiger partial charge is 0.341 e. The third-order valence-electron chi connectivity index (χ3n) is 7.41. The van der Waals surface area contributed by atoms with E-state index >= 15 is 0 Å². The minimum absolute atomic E-state index is 0.152. The first-order valence-electron chi connectivity index (χ1n) is 12.7. The molecular weight excluding hydrogens is 454 g/mol. The molecule has 0 fully saturated rings. The third-order valence-corrected chi connectivity index (χ3v) is 7.41. The van der Waals surface area contributed by atoms with Crippen LogP contribution in [0.1, 0.15) is 11.9 Å². The van der Waals surface area contributed by atoms with Crippen LogP contribution in [0.5, 0.6) is 0 Å². The summed E-state index contributed by atoms with van der Waals surface area (Å²) in [5, 5.41) is 6.41. The summed E-state index contributed by atoms with van der Waals surface area (Å²) in [5.41, 5.74) is 8.45. The predicted molar refractivity (Wildman–Crippen MR) is 150 cm³/mol. The highest BCUT2D eigenvalue weighted by Crippen LogP contribution is 2.44. The molecule has 5 heteroatoms. The Morgan fingerprint density at radius 2 is 1.24 bits per heavy atom. The van der Waals surface area contributed by atoms with E-state index in [1.165, 1.54) is 38.5 Å². The van der Waals surface area contributed by atoms with Crippen molar-refractivity contribution < 1.29 is 0 Å². The van der Waals surface area contributed by atoms with E-state index in [-0.39, 0.29) is 6.29 Å². The van der Waals surface area contributed by atoms with Gasteiger partial charge in [-0.2, -0.15) is 4.80 Å². The SMILES string of the molecule is c1ccc(Cn2n3n2C3Nc2c(-c3ccccc3)ccc3c4ccccc4n(-c4ccccc4)c23)cc1. The Morgan fingerprint density at radius 1 is 0.595 bits per heavy atom. The standard InChI is InChI=1S/C32H25N5/c1-4-12-23(13-5-1)22-34-36-32(37(34)36)33-30-26(24-14-6-2-7-15-24)20-21-28-27-18-10-11-19-29(27)35(31(28)30)25-16-8-3-9-17-25/h1-21,32-33H,22H2. The van der Waals surface area contributed by atoms with Crippen molar-refractivity contribution in [3.63, 3.8) is 0 Å². The fraction of sp³-hybridized carbons (Fsp3) is 0.0625. The number of rotatable bonds is 6. The molecule has 5 nitrogen and oxygen atoms in total. The first kappa shape index (κ1) is 20.3. The molecule has 0 saturated carbocycles. The van der Waals surface area contributed by atoms with Crippen LogP contribution >= 0.6 is 0 Å². The molecule has 178 valence electrons. The zero-order chi connectivity index (χ0) is 24.3. The Hall–Kier alpha value is -4.90. The van der Waals surface area contributed by atoms with Gasteiger partial charge in [-0.05, 0) is 29.3 Å². The lowest BCUT2D eigenvalue weighted by Gasteiger charge is -2.17. The number of aromatic nitrogens is 4. The van der Waals surface area contributed by atoms with E-state index in [4.69, 9.17) is 0 Å². The maximum atomic E-state index is 3.90. The van der Waals surface area contributed by atoms with Gasteiger partial charge in [0.15, 0.2) is 0 Å². The second-order valence-electron chi connectivity index (χ2n) is 9.61. The normalized spacial score (nSPS) is 12.9. The summed E-state index contributed by atoms with van der Waals surface area (Å²) in [4.78, 5) is 6.81. The highest BCUT2D eigenvalue weighted by molar-refractivity contribution is 6.15. The summed E-state index contributed by atoms with van der Waals surface area (Å²) in [5.74, 6) is 0. The molecule has 7 aromatic rings. The van der Waals surface area contributed by atoms with Gasteiger partial charge in [-0.25, -0.2) is 0 Å². The van der Waals surface area contributed by atoms with Gasteiger partial charge in [0.25, 0.3) is 6.29 Å². The first-order valence-corrected chi connectivity index (χ1v) is 12.7. The van der Waals surface area contributed by atoms with Gasteiger partial charge >= 0.3 is 0 Å². The molecule has 0 spiro atoms. The molecular formula is C32H25N5. The summed E-state index contributed by atoms with van der Waals surface area (Å²) >= 11 is 0. The fourth-order valence-corrected chi connectivity index (χ4v) is 5.58. The number of anilines is 1. The molecule has 0 atom stereocenters. The average molecular weight is 480 g/mol. The molecule has 37 heavy (non-hydrogen) atoms. The van der Waals surface area contributed by atoms with E-state index in [9.17, 15) is 0 Å². The van der Waals surface area contributed by atoms with Crippen LogP contribution in [-0.4, -0.2) is 19.0 Å². The smallest absolute Gasteiger partial charge is 0.252 e. The quantitative estimate of drug-likeness (QED) is 0.266. The van der Waals surface area contributed by atoms with E-state index in [2.05, 4.69) is 152 Å². The van der Waals surface area contributed by atoms with Crippen molar-refractivity contribution in [3.05, 3.63) is 133 Å². The molecule has 0 saturated heterocycles. The van der Waals surface area contributed by atoms with Crippen molar-refractivity contribution >= 4 is 27.5 Å². The van der Waals surface area contributed by atoms with Crippen LogP contribution < -0.4 is 5.32 Å². The highest BCUT2D eigenvalue weighted by atomic mass is 16.1. The van der Waals surface area contributed by atoms with Crippen molar-refractivity contribution in [3.8, 4) is 16.8 Å². The predicted octanol–water partition coefficient (Wildman–Crippen LogP) is 7.33. The number of hydrogen-bond acceptors (Lipinski definition) is 1. The monoisotopic (exact) mass is 479 g/mol. The summed E-state index contributed by atoms with van der Waals surface area (Å²) in [7, 11) is 0. The van der Waals surface area contributed by atoms with Crippen LogP contribution in [0.3, 0.4) is 0 Å². The van der Waals surface area contributed by atoms with Gasteiger partial charge in [0.05, 0.1) is 23.3 Å². The van der Waals surface area contributed by atoms with Gasteiger partial charge in [-0.1, -0.05) is 109 Å². The maximum Gasteiger partial charge on any atom is 0.252 e. The highest BCUT2D eigenvalue weighted by Gasteiger charge is 2.47. The summed E-state index contributed by atoms with van der Waals surface area (Å²) in [6.45, 7) is 0.888. The molecule has 0 bridgehead atoms. The van der Waals surface area contributed by atoms with Gasteiger partial charge in [0.1, 0.15) is 0 Å². The number of nitrogens with one attached hydrogen (secondary N) is 1. The third kappa shape index (κ3) is 3.17. The molecule has 0 radical (unpaired) electrons. The van der Waals surface area contributed by atoms with E-state index in [0.717, 1.165) is 17.9 Å². The molecule has 2 aromatic heterocycles. The Kier molecular flexibility index (Phi) is 4.28. The summed E-state index contributed by atoms with van der Waals surface area (Å²) in [6.07, 6.45) is 0.152. The molecule has 1 N–H and O–H groups in total. The lowest BCUT2D eigenvalue weighted by atomic mass is 10.0. The second-order valence-corrected chi connectivity index (χ2v) is 9.61. The molecule has 8 rings (SSSR count). The van der Waals surface area contributed by atoms with E-state index in [1.807, 2.05) is 0 Å². The second kappa shape index (κ2) is 7.80. The molecule has 1 aliphatic rings. The van der Waals surface area contributed by atoms with Crippen molar-refractivity contribution in [2.75, 3.05) is 5.32 Å². The van der Waals surface area contributed by atoms with Gasteiger partial charge in [-0.3, -0.25) is 0 Å². The molecule has 0 amide bonds. The van der Waals surface area contributed by atoms with Crippen molar-refractivity contribution in [1.82, 2.24) is 19.0 Å². The number of hydrogen-bond donors (Lipinski definition) is 1. The Bertz CT molecular complexity index is 1850. The zero-order valence-electron chi connectivity index (χ0n) is 20.2. The molecule has 0 unspecified atom stereocenters. The van der Waals surface area contributed by atoms with Crippen LogP contribution in [0.15, 0.2) is 127 Å². The van der Waals surface area contributed by atoms with E-state index < -0.39 is 0 Å². The van der Waals surface area contributed by atoms with Crippen LogP contribution in [0.4, 0.5) is 5.69 Å². The molecule has 0 aliphatic carbocycles. The van der Waals surface area contributed by atoms with Crippen LogP contribution in [0.2, 0.25) is 0 Å². The minimum Gasteiger partial charge on any atom is -0.341 e. The van der Waals surface area contributed by atoms with Crippen LogP contribution in [0.25, 0.3) is 38.6 Å². The van der Waals surface area contributed by atoms with E-state index in [0.29, 0.717) is 0 Å². The van der Waals surface area contributed by atoms with Crippen molar-refractivity contribution in [2.24, 2.45) is 0 Å². The van der Waals surface area contributed by atoms with Crippen LogP contribution in [0, 0.1) is 0 Å². The zero-order valence-corrected chi connectivity index (χ0v) is 20.2. The number of benzene rings is 5. The summed E-state index contributed by atoms with van der Waals surface area (Å²) < 4.78 is 2.40. The van der Waals surface area contributed by atoms with Gasteiger partial charge in [0.2, 0.25) is 0 Å². The van der Waals surface area contributed by atoms with Crippen molar-refractivity contribution in [1.29, 1.82) is 0 Å². The van der Waals surface area contributed by atoms with Crippen molar-refractivity contribution in [2.45, 2.75) is 12.8 Å². The number of nitrogens with zero attached hydrogens (tertiary/aromatic N) is 4. The number of fused-ring (bicyclic) bond motifs is 4. The first-order chi connectivity index (χ1) is 18.4. The maximum absolute atomic E-state index is 3.90. The summed E-state index contributed by atoms with van der Waals surface area (Å²) in [6, 6.07) is 45.2. The fourth-order valence-electron chi connectivity index (χ4n) is 5.58. The van der Waals surface area contributed by atoms with Gasteiger partial charge in [0, 0.05) is 22.0 Å². The minimum atomic E-state index is 0.152. The Balaban J connectivity index is 1.29. The van der Waals surface area contributed by atoms with E-state index in [1.54, 1.807) is 0 Å². The van der Waals surface area contributed by atoms with Gasteiger partial charge < -0.3 is 9.88 Å². The Morgan fingerprint density at radius 3 is 2.00 bits per heavy atom. The number of para-hydroxylation sites is 2. The lowest BCUT2D eigenvalue weighted by molar-refractivity contribution is 0.512.